The number of carbonyl (C=O) groups excluding carboxylic acids is 2. The molecule has 0 saturated carbocycles. The number of anilines is 1. The number of halogens is 1. The lowest BCUT2D eigenvalue weighted by Gasteiger charge is -2.45. The third kappa shape index (κ3) is 11.4. The maximum Gasteiger partial charge on any atom is 0.335 e. The minimum atomic E-state index is -1.22. The molecule has 6 heterocycles. The number of nitrogens with one attached hydrogen (secondary N) is 1. The number of hydrogen-bond acceptors (Lipinski definition) is 20. The Labute approximate surface area is 392 Å². The van der Waals surface area contributed by atoms with E-state index in [1.54, 1.807) is 36.4 Å². The summed E-state index contributed by atoms with van der Waals surface area (Å²) in [5.74, 6) is -3.22. The third-order valence-corrected chi connectivity index (χ3v) is 10.6. The molecule has 1 amide bonds. The molecule has 0 radical (unpaired) electrons. The first-order chi connectivity index (χ1) is 33.6. The SMILES string of the molecule is Nc1ccc(C(=O)O)cc1[N+](=O)[O-].O=C(Cl)c1ccc2nonc2c1.O=C(O)c1ccc2[nH]o[n+](=O)c2c1.O=C(O)c1ccc2nonc2c1.O=C(c1ccc2nonc2c1)N1C2CCCC1COC2. The fraction of sp³-hybridized carbons (Fsp3) is 0.167. The molecule has 358 valence electrons. The number of H-pyrrole nitrogens is 1. The number of hydrogen-bond donors (Lipinski definition) is 5. The van der Waals surface area contributed by atoms with Gasteiger partial charge in [0.25, 0.3) is 22.4 Å². The first kappa shape index (κ1) is 48.4. The lowest BCUT2D eigenvalue weighted by atomic mass is 9.93. The molecule has 2 bridgehead atoms. The van der Waals surface area contributed by atoms with Crippen LogP contribution in [-0.2, 0) is 4.74 Å². The Hall–Kier alpha value is -9.50. The number of aromatic nitrogens is 8. The van der Waals surface area contributed by atoms with Crippen LogP contribution in [-0.4, -0.2) is 116 Å². The molecule has 5 aromatic carbocycles. The second-order valence-electron chi connectivity index (χ2n) is 14.8. The number of nitrogens with zero attached hydrogens (tertiary/aromatic N) is 9. The standard InChI is InChI=1S/C14H15N3O3.C7H3ClN2O2.C7H4N2O4.C7H6N2O4.C7H4N2O3/c18-14(9-4-5-12-13(6-9)16-20-15-12)17-10-2-1-3-11(17)8-19-7-10;8-7(11)4-1-2-5-6(3-4)10-12-9-5;10-7(11)4-1-2-5-6(3-4)9(12)13-8-5;8-5-2-1-4(7(10)11)3-6(5)9(12)13;10-7(11)4-1-2-5-6(3-4)9-12-8-5/h4-6,10-11H,1-3,7-8H2;1-3H;1-3H,(H-,8,10,11,12);1-3H,8H2,(H,10,11);1-3H,(H,10,11)/p+1. The van der Waals surface area contributed by atoms with Gasteiger partial charge in [-0.15, -0.1) is 0 Å². The van der Waals surface area contributed by atoms with Gasteiger partial charge in [0.05, 0.1) is 46.9 Å². The minimum Gasteiger partial charge on any atom is -0.478 e. The van der Waals surface area contributed by atoms with Gasteiger partial charge in [-0.3, -0.25) is 19.7 Å². The fourth-order valence-electron chi connectivity index (χ4n) is 6.92. The number of nitrogen functional groups attached to an aromatic ring is 1. The first-order valence-electron chi connectivity index (χ1n) is 20.1. The van der Waals surface area contributed by atoms with Crippen molar-refractivity contribution in [3.63, 3.8) is 0 Å². The number of rotatable bonds is 6. The number of fused-ring (bicyclic) bond motifs is 6. The molecule has 9 aromatic rings. The Balaban J connectivity index is 0.000000131. The van der Waals surface area contributed by atoms with Gasteiger partial charge in [-0.25, -0.2) is 28.3 Å². The van der Waals surface area contributed by atoms with Crippen molar-refractivity contribution in [3.05, 3.63) is 134 Å². The minimum absolute atomic E-state index is 0.0463. The van der Waals surface area contributed by atoms with Crippen LogP contribution in [0, 0.1) is 15.0 Å². The highest BCUT2D eigenvalue weighted by Gasteiger charge is 2.38. The normalized spacial score (nSPS) is 14.7. The van der Waals surface area contributed by atoms with E-state index in [1.807, 2.05) is 4.90 Å². The number of nitro groups is 1. The molecule has 6 N–H and O–H groups in total. The van der Waals surface area contributed by atoms with Gasteiger partial charge in [-0.1, -0.05) is 9.79 Å². The number of carbonyl (C=O) groups is 5. The Bertz CT molecular complexity index is 3370. The number of aromatic amines is 1. The predicted octanol–water partition coefficient (Wildman–Crippen LogP) is 5.39. The molecule has 2 aliphatic heterocycles. The zero-order valence-corrected chi connectivity index (χ0v) is 36.2. The van der Waals surface area contributed by atoms with Crippen molar-refractivity contribution in [2.45, 2.75) is 31.3 Å². The number of aromatic carboxylic acids is 3. The van der Waals surface area contributed by atoms with E-state index in [9.17, 15) is 39.0 Å². The summed E-state index contributed by atoms with van der Waals surface area (Å²) in [5.41, 5.74) is 9.99. The van der Waals surface area contributed by atoms with E-state index < -0.39 is 28.1 Å². The monoisotopic (exact) mass is 982 g/mol. The summed E-state index contributed by atoms with van der Waals surface area (Å²) in [6, 6.07) is 22.3. The summed E-state index contributed by atoms with van der Waals surface area (Å²) in [4.78, 5) is 77.4. The molecule has 2 saturated heterocycles. The van der Waals surface area contributed by atoms with E-state index >= 15 is 0 Å². The van der Waals surface area contributed by atoms with Gasteiger partial charge < -0.3 is 30.7 Å². The molecule has 2 unspecified atom stereocenters. The van der Waals surface area contributed by atoms with Crippen LogP contribution in [0.3, 0.4) is 0 Å². The zero-order valence-electron chi connectivity index (χ0n) is 35.5. The van der Waals surface area contributed by atoms with E-state index in [0.29, 0.717) is 63.0 Å². The van der Waals surface area contributed by atoms with E-state index in [-0.39, 0.29) is 56.2 Å². The molecule has 4 aromatic heterocycles. The van der Waals surface area contributed by atoms with E-state index in [4.69, 9.17) is 37.4 Å². The number of nitro benzene ring substituents is 1. The number of morpholine rings is 1. The first-order valence-corrected chi connectivity index (χ1v) is 20.5. The average molecular weight is 983 g/mol. The Morgan fingerprint density at radius 2 is 1.10 bits per heavy atom. The topological polar surface area (TPSA) is 396 Å². The second-order valence-corrected chi connectivity index (χ2v) is 15.1. The van der Waals surface area contributed by atoms with E-state index in [2.05, 4.69) is 54.6 Å². The number of carboxylic acid groups (broad SMARTS) is 3. The van der Waals surface area contributed by atoms with Gasteiger partial charge in [-0.2, -0.15) is 0 Å². The van der Waals surface area contributed by atoms with Gasteiger partial charge in [0.2, 0.25) is 5.52 Å². The number of carboxylic acids is 3. The predicted molar refractivity (Wildman–Crippen MR) is 236 cm³/mol. The zero-order chi connectivity index (χ0) is 50.1. The van der Waals surface area contributed by atoms with Crippen molar-refractivity contribution in [1.82, 2.24) is 41.0 Å². The molecule has 0 aliphatic carbocycles. The lowest BCUT2D eigenvalue weighted by molar-refractivity contribution is -0.692. The van der Waals surface area contributed by atoms with Crippen LogP contribution in [0.15, 0.2) is 110 Å². The maximum atomic E-state index is 12.8. The van der Waals surface area contributed by atoms with Gasteiger partial charge >= 0.3 is 17.9 Å². The van der Waals surface area contributed by atoms with Crippen molar-refractivity contribution in [1.29, 1.82) is 0 Å². The summed E-state index contributed by atoms with van der Waals surface area (Å²) in [7, 11) is 0. The summed E-state index contributed by atoms with van der Waals surface area (Å²) in [6.45, 7) is 1.30. The summed E-state index contributed by atoms with van der Waals surface area (Å²) < 4.78 is 23.7. The Kier molecular flexibility index (Phi) is 14.8. The largest absolute Gasteiger partial charge is 0.478 e. The van der Waals surface area contributed by atoms with Gasteiger partial charge in [0.1, 0.15) is 38.8 Å². The highest BCUT2D eigenvalue weighted by atomic mass is 35.5. The maximum absolute atomic E-state index is 12.8. The van der Waals surface area contributed by atoms with E-state index in [1.165, 1.54) is 55.0 Å². The average Bonchev–Trinajstić information content (AvgIpc) is 4.19. The van der Waals surface area contributed by atoms with Gasteiger partial charge in [0, 0.05) is 23.3 Å². The molecule has 11 rings (SSSR count). The van der Waals surface area contributed by atoms with Crippen molar-refractivity contribution >= 4 is 96.2 Å². The van der Waals surface area contributed by atoms with Crippen LogP contribution in [0.1, 0.15) is 71.1 Å². The van der Waals surface area contributed by atoms with Gasteiger partial charge in [0.15, 0.2) is 4.60 Å². The van der Waals surface area contributed by atoms with Crippen LogP contribution >= 0.6 is 11.6 Å². The van der Waals surface area contributed by atoms with Crippen molar-refractivity contribution in [2.75, 3.05) is 18.9 Å². The highest BCUT2D eigenvalue weighted by molar-refractivity contribution is 6.67. The number of piperidine rings is 1. The molecule has 28 heteroatoms. The molecule has 2 fully saturated rings. The number of amides is 1. The van der Waals surface area contributed by atoms with Crippen molar-refractivity contribution < 1.29 is 72.1 Å². The summed E-state index contributed by atoms with van der Waals surface area (Å²) >= 11 is 5.25. The third-order valence-electron chi connectivity index (χ3n) is 10.4. The van der Waals surface area contributed by atoms with Crippen LogP contribution in [0.2, 0.25) is 0 Å². The molecule has 70 heavy (non-hydrogen) atoms. The molecular weight excluding hydrogens is 950 g/mol. The Morgan fingerprint density at radius 3 is 1.63 bits per heavy atom. The number of nitrogens with two attached hydrogens (primary N) is 1. The molecule has 27 nitrogen and oxygen atoms in total. The molecule has 0 spiro atoms. The van der Waals surface area contributed by atoms with Gasteiger partial charge in [-0.05, 0) is 146 Å². The van der Waals surface area contributed by atoms with Crippen LogP contribution in [0.5, 0.6) is 0 Å². The van der Waals surface area contributed by atoms with Crippen molar-refractivity contribution in [3.8, 4) is 0 Å². The smallest absolute Gasteiger partial charge is 0.335 e. The second kappa shape index (κ2) is 21.4. The molecule has 2 aliphatic rings. The number of benzene rings is 5. The van der Waals surface area contributed by atoms with Crippen LogP contribution in [0.25, 0.3) is 44.1 Å². The number of ether oxygens (including phenoxy) is 1. The Morgan fingerprint density at radius 1 is 0.657 bits per heavy atom. The lowest BCUT2D eigenvalue weighted by Crippen LogP contribution is -2.57. The summed E-state index contributed by atoms with van der Waals surface area (Å²) in [5, 5.41) is 59.6. The van der Waals surface area contributed by atoms with Crippen LogP contribution < -0.4 is 10.3 Å². The molecule has 2 atom stereocenters. The summed E-state index contributed by atoms with van der Waals surface area (Å²) in [6.07, 6.45) is 3.22. The quantitative estimate of drug-likeness (QED) is 0.0603. The molecular formula is C42H33ClN11O16+. The van der Waals surface area contributed by atoms with Crippen LogP contribution in [0.4, 0.5) is 11.4 Å². The fourth-order valence-corrected chi connectivity index (χ4v) is 7.04. The van der Waals surface area contributed by atoms with E-state index in [0.717, 1.165) is 18.9 Å². The van der Waals surface area contributed by atoms with Crippen molar-refractivity contribution in [2.24, 2.45) is 0 Å². The highest BCUT2D eigenvalue weighted by Crippen LogP contribution is 2.29.